The van der Waals surface area contributed by atoms with Gasteiger partial charge in [-0.3, -0.25) is 4.79 Å². The van der Waals surface area contributed by atoms with Crippen molar-refractivity contribution in [1.29, 1.82) is 0 Å². The first-order valence-corrected chi connectivity index (χ1v) is 9.29. The molecule has 7 nitrogen and oxygen atoms in total. The molecule has 0 aliphatic heterocycles. The minimum Gasteiger partial charge on any atom is -0.492 e. The predicted molar refractivity (Wildman–Crippen MR) is 91.9 cm³/mol. The van der Waals surface area contributed by atoms with Gasteiger partial charge in [-0.05, 0) is 31.5 Å². The van der Waals surface area contributed by atoms with Crippen molar-refractivity contribution in [2.45, 2.75) is 18.2 Å². The number of carbonyl (C=O) groups is 1. The Balaban J connectivity index is 2.73. The number of amides is 1. The highest BCUT2D eigenvalue weighted by atomic mass is 35.5. The molecule has 9 heteroatoms. The third-order valence-electron chi connectivity index (χ3n) is 3.13. The molecule has 0 heterocycles. The van der Waals surface area contributed by atoms with Gasteiger partial charge in [-0.25, -0.2) is 8.42 Å². The number of benzene rings is 1. The molecule has 0 bridgehead atoms. The number of likely N-dealkylation sites (N-methyl/N-ethyl adjacent to an activating group) is 1. The molecule has 0 spiro atoms. The Morgan fingerprint density at radius 2 is 2.08 bits per heavy atom. The van der Waals surface area contributed by atoms with Crippen LogP contribution in [-0.2, 0) is 19.6 Å². The minimum absolute atomic E-state index is 0.00522. The summed E-state index contributed by atoms with van der Waals surface area (Å²) in [7, 11) is -0.900. The zero-order valence-corrected chi connectivity index (χ0v) is 15.6. The first-order valence-electron chi connectivity index (χ1n) is 7.47. The molecular weight excluding hydrogens is 356 g/mol. The summed E-state index contributed by atoms with van der Waals surface area (Å²) in [5.74, 6) is 0.0332. The third kappa shape index (κ3) is 5.94. The molecule has 1 aromatic carbocycles. The molecule has 0 atom stereocenters. The lowest BCUT2D eigenvalue weighted by atomic mass is 10.3. The standard InChI is InChI=1S/C15H23ClN2O5S/c1-4-23-14-7-6-12(10-13(14)16)24(20,21)18(2)11-15(19)17-8-5-9-22-3/h6-7,10H,4-5,8-9,11H2,1-3H3,(H,17,19). The van der Waals surface area contributed by atoms with Crippen molar-refractivity contribution in [2.24, 2.45) is 0 Å². The van der Waals surface area contributed by atoms with Gasteiger partial charge in [0.05, 0.1) is 23.1 Å². The number of nitrogens with zero attached hydrogens (tertiary/aromatic N) is 1. The van der Waals surface area contributed by atoms with Gasteiger partial charge in [0.1, 0.15) is 5.75 Å². The van der Waals surface area contributed by atoms with Crippen LogP contribution in [0, 0.1) is 0 Å². The van der Waals surface area contributed by atoms with Crippen LogP contribution in [0.3, 0.4) is 0 Å². The second-order valence-corrected chi connectivity index (χ2v) is 7.43. The van der Waals surface area contributed by atoms with Gasteiger partial charge < -0.3 is 14.8 Å². The summed E-state index contributed by atoms with van der Waals surface area (Å²) in [4.78, 5) is 11.8. The average molecular weight is 379 g/mol. The molecule has 0 radical (unpaired) electrons. The Bertz CT molecular complexity index is 651. The van der Waals surface area contributed by atoms with Crippen LogP contribution in [0.2, 0.25) is 5.02 Å². The van der Waals surface area contributed by atoms with Gasteiger partial charge in [-0.1, -0.05) is 11.6 Å². The van der Waals surface area contributed by atoms with Crippen LogP contribution >= 0.6 is 11.6 Å². The molecule has 1 aromatic rings. The summed E-state index contributed by atoms with van der Waals surface area (Å²) in [5, 5.41) is 2.84. The molecule has 0 aliphatic rings. The van der Waals surface area contributed by atoms with Crippen molar-refractivity contribution in [3.63, 3.8) is 0 Å². The van der Waals surface area contributed by atoms with Gasteiger partial charge in [-0.15, -0.1) is 0 Å². The molecule has 136 valence electrons. The molecular formula is C15H23ClN2O5S. The van der Waals surface area contributed by atoms with Crippen molar-refractivity contribution in [2.75, 3.05) is 40.5 Å². The first-order chi connectivity index (χ1) is 11.3. The Kier molecular flexibility index (Phi) is 8.47. The van der Waals surface area contributed by atoms with Crippen LogP contribution in [0.4, 0.5) is 0 Å². The van der Waals surface area contributed by atoms with Crippen LogP contribution in [0.1, 0.15) is 13.3 Å². The smallest absolute Gasteiger partial charge is 0.243 e. The lowest BCUT2D eigenvalue weighted by Crippen LogP contribution is -2.38. The second kappa shape index (κ2) is 9.83. The van der Waals surface area contributed by atoms with Crippen LogP contribution in [-0.4, -0.2) is 59.1 Å². The maximum atomic E-state index is 12.5. The zero-order chi connectivity index (χ0) is 18.2. The molecule has 0 aromatic heterocycles. The first kappa shape index (κ1) is 20.7. The third-order valence-corrected chi connectivity index (χ3v) is 5.22. The van der Waals surface area contributed by atoms with Crippen molar-refractivity contribution < 1.29 is 22.7 Å². The summed E-state index contributed by atoms with van der Waals surface area (Å²) in [6, 6.07) is 4.21. The van der Waals surface area contributed by atoms with Gasteiger partial charge in [0, 0.05) is 27.3 Å². The Morgan fingerprint density at radius 3 is 2.67 bits per heavy atom. The second-order valence-electron chi connectivity index (χ2n) is 4.98. The molecule has 24 heavy (non-hydrogen) atoms. The van der Waals surface area contributed by atoms with E-state index in [-0.39, 0.29) is 22.4 Å². The number of rotatable bonds is 10. The Labute approximate surface area is 147 Å². The number of hydrogen-bond donors (Lipinski definition) is 1. The van der Waals surface area contributed by atoms with Crippen LogP contribution in [0.25, 0.3) is 0 Å². The average Bonchev–Trinajstić information content (AvgIpc) is 2.53. The number of carbonyl (C=O) groups excluding carboxylic acids is 1. The predicted octanol–water partition coefficient (Wildman–Crippen LogP) is 1.51. The van der Waals surface area contributed by atoms with E-state index >= 15 is 0 Å². The Morgan fingerprint density at radius 1 is 1.38 bits per heavy atom. The normalized spacial score (nSPS) is 11.5. The molecule has 1 amide bonds. The highest BCUT2D eigenvalue weighted by molar-refractivity contribution is 7.89. The van der Waals surface area contributed by atoms with Crippen LogP contribution < -0.4 is 10.1 Å². The SMILES string of the molecule is CCOc1ccc(S(=O)(=O)N(C)CC(=O)NCCCOC)cc1Cl. The number of nitrogens with one attached hydrogen (secondary N) is 1. The van der Waals surface area contributed by atoms with Crippen molar-refractivity contribution in [3.05, 3.63) is 23.2 Å². The maximum absolute atomic E-state index is 12.5. The molecule has 0 unspecified atom stereocenters. The number of hydrogen-bond acceptors (Lipinski definition) is 5. The van der Waals surface area contributed by atoms with Crippen molar-refractivity contribution in [1.82, 2.24) is 9.62 Å². The monoisotopic (exact) mass is 378 g/mol. The number of ether oxygens (including phenoxy) is 2. The number of halogens is 1. The molecule has 1 N–H and O–H groups in total. The highest BCUT2D eigenvalue weighted by Crippen LogP contribution is 2.28. The van der Waals surface area contributed by atoms with Crippen molar-refractivity contribution >= 4 is 27.5 Å². The van der Waals surface area contributed by atoms with Crippen molar-refractivity contribution in [3.8, 4) is 5.75 Å². The number of sulfonamides is 1. The van der Waals surface area contributed by atoms with E-state index in [1.54, 1.807) is 14.0 Å². The molecule has 0 fully saturated rings. The van der Waals surface area contributed by atoms with Gasteiger partial charge in [-0.2, -0.15) is 4.31 Å². The maximum Gasteiger partial charge on any atom is 0.243 e. The van der Waals surface area contributed by atoms with E-state index in [9.17, 15) is 13.2 Å². The molecule has 0 aliphatic carbocycles. The van der Waals surface area contributed by atoms with E-state index < -0.39 is 10.0 Å². The lowest BCUT2D eigenvalue weighted by molar-refractivity contribution is -0.121. The summed E-state index contributed by atoms with van der Waals surface area (Å²) in [6.07, 6.45) is 0.660. The van der Waals surface area contributed by atoms with E-state index in [0.717, 1.165) is 4.31 Å². The molecule has 0 saturated heterocycles. The fourth-order valence-electron chi connectivity index (χ4n) is 1.88. The largest absolute Gasteiger partial charge is 0.492 e. The zero-order valence-electron chi connectivity index (χ0n) is 14.0. The number of methoxy groups -OCH3 is 1. The quantitative estimate of drug-likeness (QED) is 0.624. The fourth-order valence-corrected chi connectivity index (χ4v) is 3.34. The van der Waals surface area contributed by atoms with E-state index in [1.807, 2.05) is 0 Å². The summed E-state index contributed by atoms with van der Waals surface area (Å²) < 4.78 is 36.1. The van der Waals surface area contributed by atoms with Gasteiger partial charge in [0.2, 0.25) is 15.9 Å². The summed E-state index contributed by atoms with van der Waals surface area (Å²) >= 11 is 6.02. The molecule has 1 rings (SSSR count). The van der Waals surface area contributed by atoms with Gasteiger partial charge >= 0.3 is 0 Å². The van der Waals surface area contributed by atoms with E-state index in [0.29, 0.717) is 31.9 Å². The minimum atomic E-state index is -3.82. The lowest BCUT2D eigenvalue weighted by Gasteiger charge is -2.17. The van der Waals surface area contributed by atoms with Gasteiger partial charge in [0.15, 0.2) is 0 Å². The van der Waals surface area contributed by atoms with E-state index in [4.69, 9.17) is 21.1 Å². The van der Waals surface area contributed by atoms with E-state index in [1.165, 1.54) is 25.2 Å². The molecule has 0 saturated carbocycles. The fraction of sp³-hybridized carbons (Fsp3) is 0.533. The van der Waals surface area contributed by atoms with E-state index in [2.05, 4.69) is 5.32 Å². The topological polar surface area (TPSA) is 84.9 Å². The van der Waals surface area contributed by atoms with Crippen LogP contribution in [0.5, 0.6) is 5.75 Å². The van der Waals surface area contributed by atoms with Gasteiger partial charge in [0.25, 0.3) is 0 Å². The highest BCUT2D eigenvalue weighted by Gasteiger charge is 2.23. The Hall–Kier alpha value is -1.35. The summed E-state index contributed by atoms with van der Waals surface area (Å²) in [6.45, 7) is 2.91. The summed E-state index contributed by atoms with van der Waals surface area (Å²) in [5.41, 5.74) is 0. The van der Waals surface area contributed by atoms with Crippen LogP contribution in [0.15, 0.2) is 23.1 Å².